The van der Waals surface area contributed by atoms with Gasteiger partial charge in [0.25, 0.3) is 0 Å². The molecule has 2 aromatic heterocycles. The number of nitriles is 1. The first-order valence-electron chi connectivity index (χ1n) is 14.3. The topological polar surface area (TPSA) is 141 Å². The molecular weight excluding hydrogens is 544 g/mol. The van der Waals surface area contributed by atoms with Crippen molar-refractivity contribution in [2.45, 2.75) is 83.0 Å². The molecule has 11 heteroatoms. The lowest BCUT2D eigenvalue weighted by Gasteiger charge is -2.32. The monoisotopic (exact) mass is 584 g/mol. The molecule has 41 heavy (non-hydrogen) atoms. The second-order valence-electron chi connectivity index (χ2n) is 11.7. The third-order valence-corrected chi connectivity index (χ3v) is 8.29. The van der Waals surface area contributed by atoms with Crippen LogP contribution in [0.25, 0.3) is 11.3 Å². The minimum Gasteiger partial charge on any atom is -0.479 e. The Bertz CT molecular complexity index is 1220. The highest BCUT2D eigenvalue weighted by atomic mass is 35.5. The van der Waals surface area contributed by atoms with Gasteiger partial charge in [0.1, 0.15) is 11.6 Å². The molecule has 2 aromatic rings. The van der Waals surface area contributed by atoms with Crippen molar-refractivity contribution in [2.75, 3.05) is 37.0 Å². The van der Waals surface area contributed by atoms with E-state index in [-0.39, 0.29) is 12.1 Å². The summed E-state index contributed by atoms with van der Waals surface area (Å²) in [6.45, 7) is 7.22. The highest BCUT2D eigenvalue weighted by Crippen LogP contribution is 2.32. The summed E-state index contributed by atoms with van der Waals surface area (Å²) in [7, 11) is 0. The van der Waals surface area contributed by atoms with Crippen LogP contribution >= 0.6 is 11.6 Å². The summed E-state index contributed by atoms with van der Waals surface area (Å²) in [4.78, 5) is 20.6. The molecule has 4 N–H and O–H groups in total. The van der Waals surface area contributed by atoms with E-state index < -0.39 is 17.0 Å². The molecule has 2 aliphatic rings. The smallest absolute Gasteiger partial charge is 0.335 e. The lowest BCUT2D eigenvalue weighted by Crippen LogP contribution is -2.45. The third-order valence-electron chi connectivity index (χ3n) is 7.98. The molecular formula is C30H41ClN6O4. The average molecular weight is 585 g/mol. The Hall–Kier alpha value is -2.97. The number of carboxylic acid groups (broad SMARTS) is 1. The summed E-state index contributed by atoms with van der Waals surface area (Å²) in [5.74, 6) is 0.488. The minimum absolute atomic E-state index is 0.0588. The fourth-order valence-corrected chi connectivity index (χ4v) is 5.41. The summed E-state index contributed by atoms with van der Waals surface area (Å²) >= 11 is 6.55. The molecule has 0 amide bonds. The number of carboxylic acids is 1. The Morgan fingerprint density at radius 1 is 1.24 bits per heavy atom. The SMILES string of the molecule is C[C@H](COC(C)(C)C(=O)O)NC1CCC(Nc2cc(-c3cccc(NCC4(C#N)CCOCC4)n3)c(Cl)cn2)CC1. The number of anilines is 2. The molecule has 0 spiro atoms. The molecule has 222 valence electrons. The second kappa shape index (κ2) is 13.8. The maximum Gasteiger partial charge on any atom is 0.335 e. The van der Waals surface area contributed by atoms with Crippen LogP contribution in [0.5, 0.6) is 0 Å². The van der Waals surface area contributed by atoms with Gasteiger partial charge in [-0.05, 0) is 77.5 Å². The Kier molecular flexibility index (Phi) is 10.4. The summed E-state index contributed by atoms with van der Waals surface area (Å²) < 4.78 is 11.0. The fourth-order valence-electron chi connectivity index (χ4n) is 5.21. The highest BCUT2D eigenvalue weighted by molar-refractivity contribution is 6.33. The van der Waals surface area contributed by atoms with Crippen molar-refractivity contribution < 1.29 is 19.4 Å². The zero-order valence-corrected chi connectivity index (χ0v) is 24.8. The number of nitrogens with zero attached hydrogens (tertiary/aromatic N) is 3. The maximum absolute atomic E-state index is 11.3. The van der Waals surface area contributed by atoms with Gasteiger partial charge in [0.15, 0.2) is 5.60 Å². The zero-order valence-electron chi connectivity index (χ0n) is 24.1. The number of halogens is 1. The van der Waals surface area contributed by atoms with E-state index in [0.717, 1.165) is 42.8 Å². The molecule has 2 fully saturated rings. The maximum atomic E-state index is 11.3. The molecule has 1 aliphatic heterocycles. The molecule has 4 rings (SSSR count). The van der Waals surface area contributed by atoms with Gasteiger partial charge < -0.3 is 30.5 Å². The Morgan fingerprint density at radius 2 is 1.95 bits per heavy atom. The predicted molar refractivity (Wildman–Crippen MR) is 159 cm³/mol. The lowest BCUT2D eigenvalue weighted by molar-refractivity contribution is -0.161. The highest BCUT2D eigenvalue weighted by Gasteiger charge is 2.33. The number of pyridine rings is 2. The summed E-state index contributed by atoms with van der Waals surface area (Å²) in [6, 6.07) is 10.9. The molecule has 0 bridgehead atoms. The van der Waals surface area contributed by atoms with Gasteiger partial charge in [0.05, 0.1) is 28.8 Å². The summed E-state index contributed by atoms with van der Waals surface area (Å²) in [5, 5.41) is 30.0. The standard InChI is InChI=1S/C30H41ClN6O4/c1-20(17-41-29(2,3)28(38)39)35-21-7-9-22(10-8-21)36-27-15-23(24(31)16-33-27)25-5-4-6-26(37-25)34-19-30(18-32)11-13-40-14-12-30/h4-6,15-16,20-22,35H,7-14,17,19H2,1-3H3,(H,33,36)(H,34,37)(H,38,39)/t20-,21?,22?/m1/s1. The van der Waals surface area contributed by atoms with Crippen LogP contribution in [-0.2, 0) is 14.3 Å². The van der Waals surface area contributed by atoms with E-state index in [1.807, 2.05) is 31.2 Å². The number of hydrogen-bond acceptors (Lipinski definition) is 9. The lowest BCUT2D eigenvalue weighted by atomic mass is 9.82. The van der Waals surface area contributed by atoms with Gasteiger partial charge in [-0.3, -0.25) is 0 Å². The first-order valence-corrected chi connectivity index (χ1v) is 14.7. The predicted octanol–water partition coefficient (Wildman–Crippen LogP) is 5.11. The Labute approximate surface area is 247 Å². The second-order valence-corrected chi connectivity index (χ2v) is 12.1. The van der Waals surface area contributed by atoms with Crippen molar-refractivity contribution in [1.82, 2.24) is 15.3 Å². The van der Waals surface area contributed by atoms with Gasteiger partial charge in [0.2, 0.25) is 0 Å². The van der Waals surface area contributed by atoms with Gasteiger partial charge >= 0.3 is 5.97 Å². The number of hydrogen-bond donors (Lipinski definition) is 4. The molecule has 10 nitrogen and oxygen atoms in total. The van der Waals surface area contributed by atoms with Crippen LogP contribution in [0.4, 0.5) is 11.6 Å². The fraction of sp³-hybridized carbons (Fsp3) is 0.600. The van der Waals surface area contributed by atoms with E-state index in [2.05, 4.69) is 27.0 Å². The summed E-state index contributed by atoms with van der Waals surface area (Å²) in [6.07, 6.45) is 7.02. The number of nitrogens with one attached hydrogen (secondary N) is 3. The molecule has 1 aliphatic carbocycles. The van der Waals surface area contributed by atoms with Crippen molar-refractivity contribution >= 4 is 29.2 Å². The molecule has 0 radical (unpaired) electrons. The van der Waals surface area contributed by atoms with Crippen LogP contribution in [0.15, 0.2) is 30.5 Å². The van der Waals surface area contributed by atoms with Crippen molar-refractivity contribution in [1.29, 1.82) is 5.26 Å². The third kappa shape index (κ3) is 8.52. The van der Waals surface area contributed by atoms with Crippen LogP contribution in [-0.4, -0.2) is 71.1 Å². The normalized spacial score (nSPS) is 21.4. The van der Waals surface area contributed by atoms with Gasteiger partial charge in [-0.15, -0.1) is 0 Å². The first kappa shape index (κ1) is 31.0. The van der Waals surface area contributed by atoms with E-state index in [0.29, 0.717) is 56.1 Å². The quantitative estimate of drug-likeness (QED) is 0.266. The van der Waals surface area contributed by atoms with Crippen molar-refractivity contribution in [3.05, 3.63) is 35.5 Å². The number of rotatable bonds is 12. The number of aromatic nitrogens is 2. The van der Waals surface area contributed by atoms with Gasteiger partial charge in [-0.2, -0.15) is 5.26 Å². The molecule has 0 unspecified atom stereocenters. The Morgan fingerprint density at radius 3 is 2.63 bits per heavy atom. The van der Waals surface area contributed by atoms with Crippen molar-refractivity contribution in [3.63, 3.8) is 0 Å². The van der Waals surface area contributed by atoms with Gasteiger partial charge in [0, 0.05) is 49.6 Å². The van der Waals surface area contributed by atoms with E-state index in [4.69, 9.17) is 26.1 Å². The first-order chi connectivity index (χ1) is 19.6. The zero-order chi connectivity index (χ0) is 29.5. The van der Waals surface area contributed by atoms with Crippen LogP contribution in [0.2, 0.25) is 5.02 Å². The molecule has 3 heterocycles. The van der Waals surface area contributed by atoms with Crippen LogP contribution < -0.4 is 16.0 Å². The number of ether oxygens (including phenoxy) is 2. The van der Waals surface area contributed by atoms with Crippen LogP contribution in [0.1, 0.15) is 59.3 Å². The summed E-state index contributed by atoms with van der Waals surface area (Å²) in [5.41, 5.74) is -0.111. The van der Waals surface area contributed by atoms with E-state index >= 15 is 0 Å². The van der Waals surface area contributed by atoms with Crippen LogP contribution in [0.3, 0.4) is 0 Å². The minimum atomic E-state index is -1.19. The van der Waals surface area contributed by atoms with E-state index in [1.165, 1.54) is 0 Å². The average Bonchev–Trinajstić information content (AvgIpc) is 2.97. The largest absolute Gasteiger partial charge is 0.479 e. The van der Waals surface area contributed by atoms with Gasteiger partial charge in [-0.25, -0.2) is 14.8 Å². The van der Waals surface area contributed by atoms with Crippen molar-refractivity contribution in [2.24, 2.45) is 5.41 Å². The van der Waals surface area contributed by atoms with Crippen molar-refractivity contribution in [3.8, 4) is 17.3 Å². The molecule has 0 aromatic carbocycles. The molecule has 1 saturated carbocycles. The number of aliphatic carboxylic acids is 1. The van der Waals surface area contributed by atoms with Gasteiger partial charge in [-0.1, -0.05) is 17.7 Å². The number of carbonyl (C=O) groups is 1. The van der Waals surface area contributed by atoms with Crippen LogP contribution in [0, 0.1) is 16.7 Å². The van der Waals surface area contributed by atoms with E-state index in [9.17, 15) is 15.2 Å². The molecule has 1 atom stereocenters. The molecule has 1 saturated heterocycles. The Balaban J connectivity index is 1.30. The van der Waals surface area contributed by atoms with E-state index in [1.54, 1.807) is 20.0 Å².